The fourth-order valence-electron chi connectivity index (χ4n) is 3.23. The molecule has 1 aliphatic rings. The minimum atomic E-state index is 0.718. The molecule has 0 saturated carbocycles. The first-order chi connectivity index (χ1) is 11.1. The van der Waals surface area contributed by atoms with Crippen LogP contribution in [0.15, 0.2) is 36.4 Å². The molecule has 23 heavy (non-hydrogen) atoms. The molecule has 0 atom stereocenters. The minimum absolute atomic E-state index is 0.718. The maximum absolute atomic E-state index is 6.41. The van der Waals surface area contributed by atoms with Gasteiger partial charge in [-0.3, -0.25) is 4.98 Å². The number of nitrogens with zero attached hydrogens (tertiary/aromatic N) is 1. The number of benzene rings is 2. The molecule has 1 heterocycles. The normalized spacial score (nSPS) is 13.3. The Bertz CT molecular complexity index is 919. The van der Waals surface area contributed by atoms with Crippen LogP contribution in [0.25, 0.3) is 10.9 Å². The van der Waals surface area contributed by atoms with Crippen LogP contribution in [0.2, 0.25) is 10.0 Å². The standard InChI is InChI=1S/C19H16Cl2N2/c1-11-5-7-18(15(21)9-11)23-19-13-3-2-4-16(13)22-17-8-6-12(20)10-14(17)19/h5-10H,2-4H2,1H3,(H,22,23). The van der Waals surface area contributed by atoms with E-state index >= 15 is 0 Å². The summed E-state index contributed by atoms with van der Waals surface area (Å²) >= 11 is 12.6. The van der Waals surface area contributed by atoms with Gasteiger partial charge < -0.3 is 5.32 Å². The van der Waals surface area contributed by atoms with Crippen molar-refractivity contribution in [2.75, 3.05) is 5.32 Å². The second kappa shape index (κ2) is 5.70. The van der Waals surface area contributed by atoms with E-state index < -0.39 is 0 Å². The van der Waals surface area contributed by atoms with Crippen molar-refractivity contribution in [2.45, 2.75) is 26.2 Å². The largest absolute Gasteiger partial charge is 0.353 e. The average molecular weight is 343 g/mol. The van der Waals surface area contributed by atoms with E-state index in [1.54, 1.807) is 0 Å². The fraction of sp³-hybridized carbons (Fsp3) is 0.211. The van der Waals surface area contributed by atoms with Gasteiger partial charge in [0.2, 0.25) is 0 Å². The number of aromatic nitrogens is 1. The number of nitrogens with one attached hydrogen (secondary N) is 1. The Morgan fingerprint density at radius 2 is 1.91 bits per heavy atom. The number of halogens is 2. The van der Waals surface area contributed by atoms with E-state index in [-0.39, 0.29) is 0 Å². The zero-order chi connectivity index (χ0) is 16.0. The van der Waals surface area contributed by atoms with E-state index in [1.165, 1.54) is 11.3 Å². The van der Waals surface area contributed by atoms with E-state index in [0.717, 1.165) is 57.1 Å². The van der Waals surface area contributed by atoms with E-state index in [4.69, 9.17) is 28.2 Å². The molecule has 1 N–H and O–H groups in total. The molecule has 3 aromatic rings. The molecule has 0 aliphatic heterocycles. The van der Waals surface area contributed by atoms with E-state index in [9.17, 15) is 0 Å². The van der Waals surface area contributed by atoms with Crippen molar-refractivity contribution in [1.82, 2.24) is 4.98 Å². The molecule has 1 aliphatic carbocycles. The van der Waals surface area contributed by atoms with Crippen LogP contribution in [0, 0.1) is 6.92 Å². The van der Waals surface area contributed by atoms with Gasteiger partial charge in [0.1, 0.15) is 0 Å². The molecular formula is C19H16Cl2N2. The monoisotopic (exact) mass is 342 g/mol. The number of pyridine rings is 1. The van der Waals surface area contributed by atoms with Gasteiger partial charge in [-0.25, -0.2) is 0 Å². The summed E-state index contributed by atoms with van der Waals surface area (Å²) < 4.78 is 0. The van der Waals surface area contributed by atoms with Gasteiger partial charge in [-0.15, -0.1) is 0 Å². The highest BCUT2D eigenvalue weighted by molar-refractivity contribution is 6.33. The lowest BCUT2D eigenvalue weighted by Crippen LogP contribution is -2.00. The molecule has 0 radical (unpaired) electrons. The number of rotatable bonds is 2. The van der Waals surface area contributed by atoms with Crippen molar-refractivity contribution >= 4 is 45.5 Å². The summed E-state index contributed by atoms with van der Waals surface area (Å²) in [5.74, 6) is 0. The Labute approximate surface area is 145 Å². The summed E-state index contributed by atoms with van der Waals surface area (Å²) in [5.41, 5.74) is 6.60. The van der Waals surface area contributed by atoms with Crippen LogP contribution in [0.5, 0.6) is 0 Å². The van der Waals surface area contributed by atoms with Crippen molar-refractivity contribution in [1.29, 1.82) is 0 Å². The third-order valence-electron chi connectivity index (χ3n) is 4.36. The highest BCUT2D eigenvalue weighted by atomic mass is 35.5. The lowest BCUT2D eigenvalue weighted by molar-refractivity contribution is 0.901. The lowest BCUT2D eigenvalue weighted by atomic mass is 10.1. The quantitative estimate of drug-likeness (QED) is 0.610. The number of aryl methyl sites for hydroxylation is 2. The molecule has 2 aromatic carbocycles. The Balaban J connectivity index is 1.92. The van der Waals surface area contributed by atoms with Crippen molar-refractivity contribution in [2.24, 2.45) is 0 Å². The molecule has 0 fully saturated rings. The van der Waals surface area contributed by atoms with Crippen molar-refractivity contribution < 1.29 is 0 Å². The lowest BCUT2D eigenvalue weighted by Gasteiger charge is -2.16. The first-order valence-electron chi connectivity index (χ1n) is 7.76. The molecule has 1 aromatic heterocycles. The van der Waals surface area contributed by atoms with Gasteiger partial charge in [-0.05, 0) is 67.6 Å². The van der Waals surface area contributed by atoms with Gasteiger partial charge in [-0.2, -0.15) is 0 Å². The number of hydrogen-bond donors (Lipinski definition) is 1. The maximum atomic E-state index is 6.41. The maximum Gasteiger partial charge on any atom is 0.0727 e. The second-order valence-corrected chi connectivity index (χ2v) is 6.88. The average Bonchev–Trinajstić information content (AvgIpc) is 2.98. The summed E-state index contributed by atoms with van der Waals surface area (Å²) in [6.07, 6.45) is 3.21. The van der Waals surface area contributed by atoms with Gasteiger partial charge in [0.05, 0.1) is 21.9 Å². The van der Waals surface area contributed by atoms with Crippen LogP contribution in [-0.4, -0.2) is 4.98 Å². The molecular weight excluding hydrogens is 327 g/mol. The Hall–Kier alpha value is -1.77. The van der Waals surface area contributed by atoms with Gasteiger partial charge in [0, 0.05) is 16.1 Å². The van der Waals surface area contributed by atoms with Gasteiger partial charge in [0.25, 0.3) is 0 Å². The van der Waals surface area contributed by atoms with E-state index in [1.807, 2.05) is 37.3 Å². The molecule has 2 nitrogen and oxygen atoms in total. The molecule has 0 spiro atoms. The number of anilines is 2. The SMILES string of the molecule is Cc1ccc(Nc2c3c(nc4ccc(Cl)cc24)CCC3)c(Cl)c1. The Morgan fingerprint density at radius 1 is 1.04 bits per heavy atom. The van der Waals surface area contributed by atoms with Crippen molar-refractivity contribution in [3.63, 3.8) is 0 Å². The summed E-state index contributed by atoms with van der Waals surface area (Å²) in [4.78, 5) is 4.80. The number of hydrogen-bond acceptors (Lipinski definition) is 2. The zero-order valence-corrected chi connectivity index (χ0v) is 14.3. The van der Waals surface area contributed by atoms with Crippen molar-refractivity contribution in [3.8, 4) is 0 Å². The predicted molar refractivity (Wildman–Crippen MR) is 98.2 cm³/mol. The summed E-state index contributed by atoms with van der Waals surface area (Å²) in [6.45, 7) is 2.04. The van der Waals surface area contributed by atoms with Crippen LogP contribution < -0.4 is 5.32 Å². The van der Waals surface area contributed by atoms with E-state index in [2.05, 4.69) is 11.4 Å². The first-order valence-corrected chi connectivity index (χ1v) is 8.51. The van der Waals surface area contributed by atoms with Gasteiger partial charge >= 0.3 is 0 Å². The van der Waals surface area contributed by atoms with Crippen LogP contribution in [0.3, 0.4) is 0 Å². The molecule has 4 heteroatoms. The Kier molecular flexibility index (Phi) is 3.67. The molecule has 116 valence electrons. The molecule has 0 amide bonds. The second-order valence-electron chi connectivity index (χ2n) is 6.04. The fourth-order valence-corrected chi connectivity index (χ4v) is 3.69. The topological polar surface area (TPSA) is 24.9 Å². The van der Waals surface area contributed by atoms with Crippen LogP contribution in [0.4, 0.5) is 11.4 Å². The minimum Gasteiger partial charge on any atom is -0.353 e. The third kappa shape index (κ3) is 2.66. The van der Waals surface area contributed by atoms with Crippen molar-refractivity contribution in [3.05, 3.63) is 63.3 Å². The predicted octanol–water partition coefficient (Wildman–Crippen LogP) is 6.08. The van der Waals surface area contributed by atoms with E-state index in [0.29, 0.717) is 0 Å². The Morgan fingerprint density at radius 3 is 2.74 bits per heavy atom. The first kappa shape index (κ1) is 14.8. The summed E-state index contributed by atoms with van der Waals surface area (Å²) in [7, 11) is 0. The highest BCUT2D eigenvalue weighted by Crippen LogP contribution is 2.38. The highest BCUT2D eigenvalue weighted by Gasteiger charge is 2.20. The van der Waals surface area contributed by atoms with Crippen LogP contribution in [0.1, 0.15) is 23.2 Å². The number of fused-ring (bicyclic) bond motifs is 2. The molecule has 0 unspecified atom stereocenters. The molecule has 0 saturated heterocycles. The van der Waals surface area contributed by atoms with Gasteiger partial charge in [-0.1, -0.05) is 29.3 Å². The van der Waals surface area contributed by atoms with Crippen LogP contribution >= 0.6 is 23.2 Å². The zero-order valence-electron chi connectivity index (χ0n) is 12.8. The molecule has 0 bridgehead atoms. The van der Waals surface area contributed by atoms with Gasteiger partial charge in [0.15, 0.2) is 0 Å². The summed E-state index contributed by atoms with van der Waals surface area (Å²) in [5, 5.41) is 6.03. The molecule has 4 rings (SSSR count). The summed E-state index contributed by atoms with van der Waals surface area (Å²) in [6, 6.07) is 11.9. The third-order valence-corrected chi connectivity index (χ3v) is 4.91. The van der Waals surface area contributed by atoms with Crippen LogP contribution in [-0.2, 0) is 12.8 Å². The smallest absolute Gasteiger partial charge is 0.0727 e.